The molecule has 1 fully saturated rings. The zero-order valence-electron chi connectivity index (χ0n) is 16.7. The smallest absolute Gasteiger partial charge is 0.387 e. The number of rotatable bonds is 10. The van der Waals surface area contributed by atoms with Crippen molar-refractivity contribution in [3.63, 3.8) is 0 Å². The van der Waals surface area contributed by atoms with E-state index in [1.54, 1.807) is 0 Å². The molecule has 2 heterocycles. The van der Waals surface area contributed by atoms with Gasteiger partial charge in [0.1, 0.15) is 24.1 Å². The Kier molecular flexibility index (Phi) is 8.87. The Labute approximate surface area is 184 Å². The van der Waals surface area contributed by atoms with Gasteiger partial charge in [0.25, 0.3) is 0 Å². The standard InChI is InChI=1S/C12H20N3O15P3/c1-6(16)13-8-3-4-15(12(18)14-8)11-10(26-2)9(17)7(28-11)5-27-32(22,23)30-33(24,25)29-31(19,20)21/h3-4,7,9-11,17H,5H2,1-2H3,(H,22,23)(H,24,25)(H2,19,20,21)(H,13,14,16,18)/t7-,9+,10-,11-/m1/s1. The molecule has 6 N–H and O–H groups in total. The highest BCUT2D eigenvalue weighted by molar-refractivity contribution is 7.66. The van der Waals surface area contributed by atoms with E-state index in [0.29, 0.717) is 0 Å². The maximum Gasteiger partial charge on any atom is 0.490 e. The molecule has 0 radical (unpaired) electrons. The van der Waals surface area contributed by atoms with Crippen LogP contribution in [0.15, 0.2) is 17.1 Å². The summed E-state index contributed by atoms with van der Waals surface area (Å²) >= 11 is 0. The van der Waals surface area contributed by atoms with Crippen LogP contribution in [-0.4, -0.2) is 72.2 Å². The predicted molar refractivity (Wildman–Crippen MR) is 103 cm³/mol. The molecule has 1 aliphatic rings. The lowest BCUT2D eigenvalue weighted by molar-refractivity contribution is -0.114. The quantitative estimate of drug-likeness (QED) is 0.191. The molecule has 0 aliphatic carbocycles. The molecule has 188 valence electrons. The van der Waals surface area contributed by atoms with Crippen LogP contribution in [-0.2, 0) is 41.1 Å². The maximum absolute atomic E-state index is 12.3. The molecule has 1 aliphatic heterocycles. The highest BCUT2D eigenvalue weighted by Crippen LogP contribution is 2.66. The second-order valence-electron chi connectivity index (χ2n) is 6.33. The zero-order valence-corrected chi connectivity index (χ0v) is 19.4. The van der Waals surface area contributed by atoms with E-state index in [9.17, 15) is 33.3 Å². The third-order valence-electron chi connectivity index (χ3n) is 3.81. The van der Waals surface area contributed by atoms with Crippen LogP contribution < -0.4 is 11.0 Å². The van der Waals surface area contributed by atoms with Crippen molar-refractivity contribution in [3.8, 4) is 0 Å². The molecule has 21 heteroatoms. The van der Waals surface area contributed by atoms with Gasteiger partial charge in [-0.05, 0) is 6.07 Å². The summed E-state index contributed by atoms with van der Waals surface area (Å²) in [5, 5.41) is 12.7. The molecule has 2 rings (SSSR count). The zero-order chi connectivity index (χ0) is 25.2. The van der Waals surface area contributed by atoms with Crippen molar-refractivity contribution in [1.82, 2.24) is 9.55 Å². The number of aliphatic hydroxyl groups is 1. The van der Waals surface area contributed by atoms with E-state index in [1.807, 2.05) is 0 Å². The number of amides is 1. The van der Waals surface area contributed by atoms with Crippen molar-refractivity contribution in [2.75, 3.05) is 19.0 Å². The Hall–Kier alpha value is -1.36. The van der Waals surface area contributed by atoms with E-state index < -0.39 is 66.2 Å². The lowest BCUT2D eigenvalue weighted by Gasteiger charge is -2.20. The van der Waals surface area contributed by atoms with Crippen LogP contribution in [0.2, 0.25) is 0 Å². The highest BCUT2D eigenvalue weighted by atomic mass is 31.3. The number of nitrogens with one attached hydrogen (secondary N) is 1. The first kappa shape index (κ1) is 27.9. The average Bonchev–Trinajstić information content (AvgIpc) is 2.92. The van der Waals surface area contributed by atoms with Crippen molar-refractivity contribution in [1.29, 1.82) is 0 Å². The second kappa shape index (κ2) is 10.5. The summed E-state index contributed by atoms with van der Waals surface area (Å²) in [4.78, 5) is 62.7. The minimum absolute atomic E-state index is 0.0551. The Morgan fingerprint density at radius 1 is 1.21 bits per heavy atom. The minimum Gasteiger partial charge on any atom is -0.387 e. The summed E-state index contributed by atoms with van der Waals surface area (Å²) in [5.74, 6) is -0.533. The number of aromatic nitrogens is 2. The van der Waals surface area contributed by atoms with Gasteiger partial charge in [-0.3, -0.25) is 13.9 Å². The SMILES string of the molecule is CO[C@@H]1[C@@H](O)[C@@H](COP(=O)(O)OP(=O)(O)OP(=O)(O)O)O[C@H]1n1ccc(NC(C)=O)nc1=O. The second-order valence-corrected chi connectivity index (χ2v) is 10.7. The number of phosphoric ester groups is 1. The fourth-order valence-corrected chi connectivity index (χ4v) is 5.69. The van der Waals surface area contributed by atoms with Gasteiger partial charge in [-0.25, -0.2) is 18.5 Å². The minimum atomic E-state index is -5.72. The van der Waals surface area contributed by atoms with Gasteiger partial charge in [0, 0.05) is 20.2 Å². The van der Waals surface area contributed by atoms with Gasteiger partial charge >= 0.3 is 29.2 Å². The first-order chi connectivity index (χ1) is 15.0. The molecule has 6 atom stereocenters. The third-order valence-corrected chi connectivity index (χ3v) is 7.61. The molecular weight excluding hydrogens is 519 g/mol. The Morgan fingerprint density at radius 2 is 1.85 bits per heavy atom. The van der Waals surface area contributed by atoms with Crippen molar-refractivity contribution in [3.05, 3.63) is 22.7 Å². The highest BCUT2D eigenvalue weighted by Gasteiger charge is 2.47. The van der Waals surface area contributed by atoms with Gasteiger partial charge in [0.15, 0.2) is 6.23 Å². The monoisotopic (exact) mass is 539 g/mol. The number of phosphoric acid groups is 3. The van der Waals surface area contributed by atoms with Crippen molar-refractivity contribution >= 4 is 35.2 Å². The first-order valence-corrected chi connectivity index (χ1v) is 13.1. The van der Waals surface area contributed by atoms with Crippen molar-refractivity contribution in [2.45, 2.75) is 31.5 Å². The maximum atomic E-state index is 12.3. The molecule has 1 amide bonds. The number of carbonyl (C=O) groups is 1. The summed E-state index contributed by atoms with van der Waals surface area (Å²) < 4.78 is 56.8. The number of nitrogens with zero attached hydrogens (tertiary/aromatic N) is 2. The topological polar surface area (TPSA) is 262 Å². The summed E-state index contributed by atoms with van der Waals surface area (Å²) in [5.41, 5.74) is -0.908. The van der Waals surface area contributed by atoms with Crippen LogP contribution in [0.3, 0.4) is 0 Å². The summed E-state index contributed by atoms with van der Waals surface area (Å²) in [6, 6.07) is 1.25. The van der Waals surface area contributed by atoms with E-state index in [2.05, 4.69) is 23.4 Å². The normalized spacial score (nSPS) is 27.0. The number of aliphatic hydroxyl groups excluding tert-OH is 1. The molecule has 0 aromatic carbocycles. The first-order valence-electron chi connectivity index (χ1n) is 8.55. The number of methoxy groups -OCH3 is 1. The molecule has 0 bridgehead atoms. The van der Waals surface area contributed by atoms with E-state index >= 15 is 0 Å². The Bertz CT molecular complexity index is 1070. The number of hydrogen-bond donors (Lipinski definition) is 6. The van der Waals surface area contributed by atoms with Crippen LogP contribution in [0.5, 0.6) is 0 Å². The van der Waals surface area contributed by atoms with Crippen molar-refractivity contribution in [2.24, 2.45) is 0 Å². The van der Waals surface area contributed by atoms with E-state index in [-0.39, 0.29) is 5.82 Å². The fourth-order valence-electron chi connectivity index (χ4n) is 2.66. The van der Waals surface area contributed by atoms with Gasteiger partial charge in [-0.15, -0.1) is 0 Å². The number of ether oxygens (including phenoxy) is 2. The van der Waals surface area contributed by atoms with E-state index in [4.69, 9.17) is 24.2 Å². The molecule has 2 unspecified atom stereocenters. The lowest BCUT2D eigenvalue weighted by Crippen LogP contribution is -2.37. The summed E-state index contributed by atoms with van der Waals surface area (Å²) in [7, 11) is -15.6. The van der Waals surface area contributed by atoms with E-state index in [1.165, 1.54) is 26.3 Å². The Balaban J connectivity index is 2.12. The van der Waals surface area contributed by atoms with Crippen LogP contribution in [0.1, 0.15) is 13.2 Å². The van der Waals surface area contributed by atoms with Crippen LogP contribution in [0, 0.1) is 0 Å². The van der Waals surface area contributed by atoms with Crippen LogP contribution in [0.25, 0.3) is 0 Å². The number of hydrogen-bond acceptors (Lipinski definition) is 12. The fraction of sp³-hybridized carbons (Fsp3) is 0.583. The molecule has 1 aromatic rings. The largest absolute Gasteiger partial charge is 0.490 e. The van der Waals surface area contributed by atoms with Crippen molar-refractivity contribution < 1.29 is 65.8 Å². The Morgan fingerprint density at radius 3 is 2.36 bits per heavy atom. The average molecular weight is 539 g/mol. The molecule has 1 saturated heterocycles. The van der Waals surface area contributed by atoms with E-state index in [0.717, 1.165) is 4.57 Å². The van der Waals surface area contributed by atoms with Crippen LogP contribution in [0.4, 0.5) is 5.82 Å². The number of anilines is 1. The van der Waals surface area contributed by atoms with Gasteiger partial charge < -0.3 is 39.5 Å². The molecule has 1 aromatic heterocycles. The van der Waals surface area contributed by atoms with Gasteiger partial charge in [0.05, 0.1) is 6.61 Å². The third kappa shape index (κ3) is 8.12. The lowest BCUT2D eigenvalue weighted by atomic mass is 10.1. The summed E-state index contributed by atoms with van der Waals surface area (Å²) in [6.07, 6.45) is -4.37. The molecular formula is C12H20N3O15P3. The molecule has 33 heavy (non-hydrogen) atoms. The van der Waals surface area contributed by atoms with Gasteiger partial charge in [0.2, 0.25) is 5.91 Å². The van der Waals surface area contributed by atoms with Crippen LogP contribution >= 0.6 is 23.5 Å². The summed E-state index contributed by atoms with van der Waals surface area (Å²) in [6.45, 7) is 0.236. The molecule has 0 spiro atoms. The predicted octanol–water partition coefficient (Wildman–Crippen LogP) is -1.18. The van der Waals surface area contributed by atoms with Gasteiger partial charge in [-0.2, -0.15) is 13.6 Å². The number of carbonyl (C=O) groups excluding carboxylic acids is 1. The molecule has 0 saturated carbocycles. The molecule has 18 nitrogen and oxygen atoms in total. The van der Waals surface area contributed by atoms with Gasteiger partial charge in [-0.1, -0.05) is 0 Å².